The number of pyridine rings is 1. The summed E-state index contributed by atoms with van der Waals surface area (Å²) in [5.74, 6) is -0.318. The quantitative estimate of drug-likeness (QED) is 0.225. The topological polar surface area (TPSA) is 129 Å². The number of aliphatic hydroxyl groups excluding tert-OH is 1. The van der Waals surface area contributed by atoms with E-state index in [9.17, 15) is 14.9 Å². The van der Waals surface area contributed by atoms with Gasteiger partial charge in [-0.3, -0.25) is 14.0 Å². The minimum atomic E-state index is -0.565. The predicted molar refractivity (Wildman–Crippen MR) is 129 cm³/mol. The van der Waals surface area contributed by atoms with Crippen molar-refractivity contribution in [3.63, 3.8) is 0 Å². The summed E-state index contributed by atoms with van der Waals surface area (Å²) in [5, 5.41) is 24.2. The van der Waals surface area contributed by atoms with E-state index < -0.39 is 11.5 Å². The van der Waals surface area contributed by atoms with Gasteiger partial charge in [0.15, 0.2) is 0 Å². The van der Waals surface area contributed by atoms with Crippen LogP contribution in [0.2, 0.25) is 0 Å². The lowest BCUT2D eigenvalue weighted by Gasteiger charge is -2.12. The molecule has 0 atom stereocenters. The monoisotopic (exact) mass is 461 g/mol. The van der Waals surface area contributed by atoms with E-state index in [0.717, 1.165) is 11.1 Å². The fourth-order valence-electron chi connectivity index (χ4n) is 3.34. The van der Waals surface area contributed by atoms with Gasteiger partial charge in [0.25, 0.3) is 11.5 Å². The number of fused-ring (bicyclic) bond motifs is 1. The molecule has 1 aromatic carbocycles. The fraction of sp³-hybridized carbons (Fsp3) is 0.280. The third-order valence-electron chi connectivity index (χ3n) is 5.05. The third kappa shape index (κ3) is 6.28. The van der Waals surface area contributed by atoms with Gasteiger partial charge in [0.1, 0.15) is 23.1 Å². The van der Waals surface area contributed by atoms with Gasteiger partial charge in [-0.2, -0.15) is 5.26 Å². The van der Waals surface area contributed by atoms with Gasteiger partial charge >= 0.3 is 0 Å². The molecule has 0 unspecified atom stereocenters. The van der Waals surface area contributed by atoms with Gasteiger partial charge < -0.3 is 20.5 Å². The molecule has 9 heteroatoms. The molecule has 176 valence electrons. The molecule has 0 aliphatic rings. The first-order chi connectivity index (χ1) is 16.5. The number of anilines is 1. The van der Waals surface area contributed by atoms with Crippen LogP contribution >= 0.6 is 0 Å². The van der Waals surface area contributed by atoms with Gasteiger partial charge in [-0.15, -0.1) is 0 Å². The van der Waals surface area contributed by atoms with Gasteiger partial charge in [0.05, 0.1) is 25.4 Å². The van der Waals surface area contributed by atoms with E-state index in [1.807, 2.05) is 49.4 Å². The minimum Gasteiger partial charge on any atom is -0.394 e. The Morgan fingerprint density at radius 3 is 2.74 bits per heavy atom. The van der Waals surface area contributed by atoms with E-state index in [1.54, 1.807) is 12.3 Å². The number of carbonyl (C=O) groups is 1. The highest BCUT2D eigenvalue weighted by atomic mass is 16.5. The molecule has 0 spiro atoms. The molecule has 0 fully saturated rings. The lowest BCUT2D eigenvalue weighted by Crippen LogP contribution is -2.27. The maximum atomic E-state index is 13.2. The zero-order valence-corrected chi connectivity index (χ0v) is 19.0. The molecule has 0 aliphatic heterocycles. The average Bonchev–Trinajstić information content (AvgIpc) is 2.85. The Kier molecular flexibility index (Phi) is 8.91. The average molecular weight is 462 g/mol. The van der Waals surface area contributed by atoms with Crippen LogP contribution in [-0.2, 0) is 16.0 Å². The molecular weight excluding hydrogens is 434 g/mol. The molecule has 0 radical (unpaired) electrons. The van der Waals surface area contributed by atoms with Gasteiger partial charge in [0, 0.05) is 19.3 Å². The van der Waals surface area contributed by atoms with Crippen LogP contribution in [0, 0.1) is 18.3 Å². The van der Waals surface area contributed by atoms with E-state index in [4.69, 9.17) is 9.84 Å². The molecule has 3 rings (SSSR count). The smallest absolute Gasteiger partial charge is 0.267 e. The highest BCUT2D eigenvalue weighted by Crippen LogP contribution is 2.16. The number of benzene rings is 1. The van der Waals surface area contributed by atoms with Gasteiger partial charge in [-0.25, -0.2) is 4.98 Å². The standard InChI is InChI=1S/C25H27N5O4/c1-18-6-5-12-30-23(18)29-22(27-11-14-34-15-13-31)21(25(30)33)16-20(17-26)24(32)28-10-9-19-7-3-2-4-8-19/h2-8,12,16,27,31H,9-11,13-15H2,1H3,(H,28,32)/b20-16+. The molecule has 0 saturated carbocycles. The van der Waals surface area contributed by atoms with Crippen molar-refractivity contribution < 1.29 is 14.6 Å². The number of amides is 1. The first kappa shape index (κ1) is 24.6. The Labute approximate surface area is 197 Å². The molecule has 2 heterocycles. The fourth-order valence-corrected chi connectivity index (χ4v) is 3.34. The summed E-state index contributed by atoms with van der Waals surface area (Å²) in [6, 6.07) is 15.1. The van der Waals surface area contributed by atoms with Crippen molar-refractivity contribution in [3.8, 4) is 6.07 Å². The highest BCUT2D eigenvalue weighted by Gasteiger charge is 2.16. The summed E-state index contributed by atoms with van der Waals surface area (Å²) in [6.45, 7) is 2.90. The number of hydrogen-bond donors (Lipinski definition) is 3. The van der Waals surface area contributed by atoms with Gasteiger partial charge in [-0.05, 0) is 36.6 Å². The number of nitrogens with zero attached hydrogens (tertiary/aromatic N) is 3. The second kappa shape index (κ2) is 12.3. The Balaban J connectivity index is 1.87. The molecule has 3 N–H and O–H groups in total. The van der Waals surface area contributed by atoms with E-state index in [0.29, 0.717) is 25.2 Å². The van der Waals surface area contributed by atoms with Crippen molar-refractivity contribution in [3.05, 3.63) is 81.3 Å². The van der Waals surface area contributed by atoms with Crippen LogP contribution in [0.25, 0.3) is 11.7 Å². The van der Waals surface area contributed by atoms with E-state index in [-0.39, 0.29) is 36.8 Å². The number of aliphatic hydroxyl groups is 1. The number of carbonyl (C=O) groups excluding carboxylic acids is 1. The van der Waals surface area contributed by atoms with Crippen molar-refractivity contribution >= 4 is 23.4 Å². The van der Waals surface area contributed by atoms with E-state index in [1.165, 1.54) is 10.5 Å². The summed E-state index contributed by atoms with van der Waals surface area (Å²) in [7, 11) is 0. The Hall–Kier alpha value is -4.00. The van der Waals surface area contributed by atoms with Crippen LogP contribution < -0.4 is 16.2 Å². The summed E-state index contributed by atoms with van der Waals surface area (Å²) in [6.07, 6.45) is 3.47. The molecule has 0 aliphatic carbocycles. The summed E-state index contributed by atoms with van der Waals surface area (Å²) in [5.41, 5.74) is 1.83. The summed E-state index contributed by atoms with van der Waals surface area (Å²) >= 11 is 0. The molecular formula is C25H27N5O4. The van der Waals surface area contributed by atoms with Gasteiger partial charge in [0.2, 0.25) is 0 Å². The first-order valence-corrected chi connectivity index (χ1v) is 10.9. The number of ether oxygens (including phenoxy) is 1. The van der Waals surface area contributed by atoms with Crippen LogP contribution in [0.5, 0.6) is 0 Å². The SMILES string of the molecule is Cc1cccn2c(=O)c(/C=C(\C#N)C(=O)NCCc3ccccc3)c(NCCOCCO)nc12. The maximum absolute atomic E-state index is 13.2. The van der Waals surface area contributed by atoms with Crippen molar-refractivity contribution in [2.75, 3.05) is 38.2 Å². The lowest BCUT2D eigenvalue weighted by atomic mass is 10.1. The number of aromatic nitrogens is 2. The second-order valence-electron chi connectivity index (χ2n) is 7.49. The normalized spacial score (nSPS) is 11.3. The van der Waals surface area contributed by atoms with Crippen LogP contribution in [0.1, 0.15) is 16.7 Å². The van der Waals surface area contributed by atoms with Crippen LogP contribution in [0.15, 0.2) is 59.0 Å². The largest absolute Gasteiger partial charge is 0.394 e. The third-order valence-corrected chi connectivity index (χ3v) is 5.05. The van der Waals surface area contributed by atoms with Crippen LogP contribution in [0.3, 0.4) is 0 Å². The number of nitrogens with one attached hydrogen (secondary N) is 2. The molecule has 1 amide bonds. The lowest BCUT2D eigenvalue weighted by molar-refractivity contribution is -0.117. The number of rotatable bonds is 11. The summed E-state index contributed by atoms with van der Waals surface area (Å²) < 4.78 is 6.64. The van der Waals surface area contributed by atoms with Crippen molar-refractivity contribution in [1.82, 2.24) is 14.7 Å². The molecule has 3 aromatic rings. The molecule has 0 bridgehead atoms. The summed E-state index contributed by atoms with van der Waals surface area (Å²) in [4.78, 5) is 30.5. The molecule has 9 nitrogen and oxygen atoms in total. The second-order valence-corrected chi connectivity index (χ2v) is 7.49. The van der Waals surface area contributed by atoms with Gasteiger partial charge in [-0.1, -0.05) is 36.4 Å². The number of aryl methyl sites for hydroxylation is 1. The van der Waals surface area contributed by atoms with Crippen molar-refractivity contribution in [2.24, 2.45) is 0 Å². The van der Waals surface area contributed by atoms with Crippen molar-refractivity contribution in [1.29, 1.82) is 5.26 Å². The maximum Gasteiger partial charge on any atom is 0.267 e. The molecule has 2 aromatic heterocycles. The zero-order valence-electron chi connectivity index (χ0n) is 19.0. The molecule has 0 saturated heterocycles. The van der Waals surface area contributed by atoms with E-state index >= 15 is 0 Å². The highest BCUT2D eigenvalue weighted by molar-refractivity contribution is 6.02. The first-order valence-electron chi connectivity index (χ1n) is 10.9. The molecule has 34 heavy (non-hydrogen) atoms. The Bertz CT molecular complexity index is 1260. The Morgan fingerprint density at radius 2 is 2.00 bits per heavy atom. The van der Waals surface area contributed by atoms with Crippen molar-refractivity contribution in [2.45, 2.75) is 13.3 Å². The zero-order chi connectivity index (χ0) is 24.3. The van der Waals surface area contributed by atoms with E-state index in [2.05, 4.69) is 15.6 Å². The number of nitriles is 1. The van der Waals surface area contributed by atoms with Crippen LogP contribution in [0.4, 0.5) is 5.82 Å². The Morgan fingerprint density at radius 1 is 1.21 bits per heavy atom. The number of hydrogen-bond acceptors (Lipinski definition) is 7. The minimum absolute atomic E-state index is 0.0896. The van der Waals surface area contributed by atoms with Crippen LogP contribution in [-0.4, -0.2) is 53.3 Å². The predicted octanol–water partition coefficient (Wildman–Crippen LogP) is 1.69.